The summed E-state index contributed by atoms with van der Waals surface area (Å²) in [5.41, 5.74) is 6.09. The SMILES string of the molecule is CC(C)C(N)CCN(C)c1nccc2sccc12. The number of hydrogen-bond acceptors (Lipinski definition) is 4. The molecule has 2 aromatic heterocycles. The van der Waals surface area contributed by atoms with Gasteiger partial charge in [-0.2, -0.15) is 0 Å². The van der Waals surface area contributed by atoms with Crippen molar-refractivity contribution in [1.29, 1.82) is 0 Å². The Kier molecular flexibility index (Phi) is 4.19. The number of pyridine rings is 1. The normalized spacial score (nSPS) is 13.2. The zero-order valence-electron chi connectivity index (χ0n) is 11.3. The molecule has 2 rings (SSSR count). The van der Waals surface area contributed by atoms with Gasteiger partial charge in [-0.05, 0) is 29.9 Å². The van der Waals surface area contributed by atoms with Crippen LogP contribution < -0.4 is 10.6 Å². The fourth-order valence-electron chi connectivity index (χ4n) is 1.97. The monoisotopic (exact) mass is 263 g/mol. The van der Waals surface area contributed by atoms with Crippen molar-refractivity contribution in [2.24, 2.45) is 11.7 Å². The van der Waals surface area contributed by atoms with E-state index in [9.17, 15) is 0 Å². The van der Waals surface area contributed by atoms with E-state index in [1.165, 1.54) is 10.1 Å². The number of fused-ring (bicyclic) bond motifs is 1. The topological polar surface area (TPSA) is 42.1 Å². The molecule has 0 saturated heterocycles. The molecule has 0 aliphatic carbocycles. The smallest absolute Gasteiger partial charge is 0.136 e. The zero-order valence-corrected chi connectivity index (χ0v) is 12.1. The van der Waals surface area contributed by atoms with E-state index < -0.39 is 0 Å². The van der Waals surface area contributed by atoms with Crippen molar-refractivity contribution in [2.75, 3.05) is 18.5 Å². The van der Waals surface area contributed by atoms with Crippen molar-refractivity contribution in [3.63, 3.8) is 0 Å². The molecule has 0 aliphatic heterocycles. The van der Waals surface area contributed by atoms with Gasteiger partial charge in [0.05, 0.1) is 0 Å². The van der Waals surface area contributed by atoms with Crippen molar-refractivity contribution in [3.8, 4) is 0 Å². The van der Waals surface area contributed by atoms with E-state index in [0.717, 1.165) is 18.8 Å². The minimum absolute atomic E-state index is 0.258. The lowest BCUT2D eigenvalue weighted by molar-refractivity contribution is 0.466. The van der Waals surface area contributed by atoms with Gasteiger partial charge < -0.3 is 10.6 Å². The molecule has 2 aromatic rings. The van der Waals surface area contributed by atoms with Crippen molar-refractivity contribution in [2.45, 2.75) is 26.3 Å². The molecule has 4 heteroatoms. The van der Waals surface area contributed by atoms with Crippen LogP contribution in [0, 0.1) is 5.92 Å². The van der Waals surface area contributed by atoms with Crippen LogP contribution in [-0.4, -0.2) is 24.6 Å². The summed E-state index contributed by atoms with van der Waals surface area (Å²) in [6.07, 6.45) is 2.88. The number of rotatable bonds is 5. The number of thiophene rings is 1. The van der Waals surface area contributed by atoms with Crippen molar-refractivity contribution < 1.29 is 0 Å². The fourth-order valence-corrected chi connectivity index (χ4v) is 2.74. The summed E-state index contributed by atoms with van der Waals surface area (Å²) in [7, 11) is 2.09. The van der Waals surface area contributed by atoms with Crippen LogP contribution >= 0.6 is 11.3 Å². The van der Waals surface area contributed by atoms with Crippen molar-refractivity contribution >= 4 is 27.2 Å². The maximum atomic E-state index is 6.09. The molecule has 1 atom stereocenters. The van der Waals surface area contributed by atoms with Gasteiger partial charge in [-0.25, -0.2) is 4.98 Å². The molecule has 0 saturated carbocycles. The molecule has 0 aliphatic rings. The van der Waals surface area contributed by atoms with Gasteiger partial charge in [0.15, 0.2) is 0 Å². The Morgan fingerprint density at radius 1 is 1.39 bits per heavy atom. The number of aromatic nitrogens is 1. The summed E-state index contributed by atoms with van der Waals surface area (Å²) in [5.74, 6) is 1.59. The Balaban J connectivity index is 2.09. The molecule has 0 bridgehead atoms. The molecular weight excluding hydrogens is 242 g/mol. The number of hydrogen-bond donors (Lipinski definition) is 1. The lowest BCUT2D eigenvalue weighted by atomic mass is 10.0. The summed E-state index contributed by atoms with van der Waals surface area (Å²) in [6.45, 7) is 5.28. The summed E-state index contributed by atoms with van der Waals surface area (Å²) in [4.78, 5) is 6.70. The Labute approximate surface area is 113 Å². The minimum atomic E-state index is 0.258. The Morgan fingerprint density at radius 2 is 2.17 bits per heavy atom. The number of nitrogens with two attached hydrogens (primary N) is 1. The van der Waals surface area contributed by atoms with Crippen LogP contribution in [0.3, 0.4) is 0 Å². The van der Waals surface area contributed by atoms with Gasteiger partial charge in [0.2, 0.25) is 0 Å². The van der Waals surface area contributed by atoms with Gasteiger partial charge in [0.1, 0.15) is 5.82 Å². The van der Waals surface area contributed by atoms with Gasteiger partial charge in [-0.1, -0.05) is 13.8 Å². The van der Waals surface area contributed by atoms with E-state index in [1.807, 2.05) is 6.20 Å². The van der Waals surface area contributed by atoms with Crippen LogP contribution in [0.15, 0.2) is 23.7 Å². The van der Waals surface area contributed by atoms with Gasteiger partial charge in [0.25, 0.3) is 0 Å². The molecule has 0 radical (unpaired) electrons. The van der Waals surface area contributed by atoms with Gasteiger partial charge in [0, 0.05) is 35.9 Å². The van der Waals surface area contributed by atoms with Crippen LogP contribution in [0.2, 0.25) is 0 Å². The molecule has 98 valence electrons. The van der Waals surface area contributed by atoms with E-state index >= 15 is 0 Å². The molecule has 1 unspecified atom stereocenters. The fraction of sp³-hybridized carbons (Fsp3) is 0.500. The predicted molar refractivity (Wildman–Crippen MR) is 80.3 cm³/mol. The van der Waals surface area contributed by atoms with Crippen LogP contribution in [0.25, 0.3) is 10.1 Å². The van der Waals surface area contributed by atoms with Crippen LogP contribution in [0.4, 0.5) is 5.82 Å². The minimum Gasteiger partial charge on any atom is -0.359 e. The van der Waals surface area contributed by atoms with Crippen molar-refractivity contribution in [3.05, 3.63) is 23.7 Å². The summed E-state index contributed by atoms with van der Waals surface area (Å²) >= 11 is 1.76. The van der Waals surface area contributed by atoms with E-state index in [1.54, 1.807) is 11.3 Å². The average molecular weight is 263 g/mol. The highest BCUT2D eigenvalue weighted by atomic mass is 32.1. The first-order valence-corrected chi connectivity index (χ1v) is 7.26. The Morgan fingerprint density at radius 3 is 2.89 bits per heavy atom. The molecule has 0 spiro atoms. The second-order valence-corrected chi connectivity index (χ2v) is 6.03. The molecular formula is C14H21N3S. The molecule has 3 nitrogen and oxygen atoms in total. The first-order valence-electron chi connectivity index (χ1n) is 6.38. The second kappa shape index (κ2) is 5.67. The second-order valence-electron chi connectivity index (χ2n) is 5.09. The quantitative estimate of drug-likeness (QED) is 0.901. The van der Waals surface area contributed by atoms with E-state index in [4.69, 9.17) is 5.73 Å². The highest BCUT2D eigenvalue weighted by molar-refractivity contribution is 7.17. The van der Waals surface area contributed by atoms with Crippen LogP contribution in [-0.2, 0) is 0 Å². The third kappa shape index (κ3) is 2.82. The first-order chi connectivity index (χ1) is 8.59. The maximum Gasteiger partial charge on any atom is 0.136 e. The third-order valence-electron chi connectivity index (χ3n) is 3.37. The molecule has 2 heterocycles. The third-order valence-corrected chi connectivity index (χ3v) is 4.26. The molecule has 2 N–H and O–H groups in total. The van der Waals surface area contributed by atoms with Crippen LogP contribution in [0.5, 0.6) is 0 Å². The lowest BCUT2D eigenvalue weighted by Gasteiger charge is -2.22. The first kappa shape index (κ1) is 13.3. The van der Waals surface area contributed by atoms with Gasteiger partial charge in [-0.3, -0.25) is 0 Å². The molecule has 0 aromatic carbocycles. The average Bonchev–Trinajstić information content (AvgIpc) is 2.83. The Hall–Kier alpha value is -1.13. The van der Waals surface area contributed by atoms with Crippen molar-refractivity contribution in [1.82, 2.24) is 4.98 Å². The largest absolute Gasteiger partial charge is 0.359 e. The zero-order chi connectivity index (χ0) is 13.1. The molecule has 0 fully saturated rings. The summed E-state index contributed by atoms with van der Waals surface area (Å²) in [5, 5.41) is 3.35. The van der Waals surface area contributed by atoms with E-state index in [-0.39, 0.29) is 6.04 Å². The number of nitrogens with zero attached hydrogens (tertiary/aromatic N) is 2. The van der Waals surface area contributed by atoms with E-state index in [2.05, 4.69) is 48.3 Å². The maximum absolute atomic E-state index is 6.09. The van der Waals surface area contributed by atoms with Crippen LogP contribution in [0.1, 0.15) is 20.3 Å². The standard InChI is InChI=1S/C14H21N3S/c1-10(2)12(15)5-8-17(3)14-11-6-9-18-13(11)4-7-16-14/h4,6-7,9-10,12H,5,8,15H2,1-3H3. The van der Waals surface area contributed by atoms with Gasteiger partial charge in [-0.15, -0.1) is 11.3 Å². The Bertz CT molecular complexity index is 506. The lowest BCUT2D eigenvalue weighted by Crippen LogP contribution is -2.32. The highest BCUT2D eigenvalue weighted by Gasteiger charge is 2.12. The predicted octanol–water partition coefficient (Wildman–Crippen LogP) is 3.11. The van der Waals surface area contributed by atoms with E-state index in [0.29, 0.717) is 5.92 Å². The molecule has 0 amide bonds. The molecule has 18 heavy (non-hydrogen) atoms. The van der Waals surface area contributed by atoms with Gasteiger partial charge >= 0.3 is 0 Å². The summed E-state index contributed by atoms with van der Waals surface area (Å²) < 4.78 is 1.29. The number of anilines is 1. The highest BCUT2D eigenvalue weighted by Crippen LogP contribution is 2.27. The summed E-state index contributed by atoms with van der Waals surface area (Å²) in [6, 6.07) is 4.47.